The fourth-order valence-corrected chi connectivity index (χ4v) is 2.06. The Balaban J connectivity index is 2.12. The van der Waals surface area contributed by atoms with Crippen molar-refractivity contribution in [2.75, 3.05) is 31.7 Å². The number of aromatic nitrogens is 1. The molecule has 0 atom stereocenters. The van der Waals surface area contributed by atoms with Gasteiger partial charge in [-0.05, 0) is 6.92 Å². The van der Waals surface area contributed by atoms with Crippen LogP contribution in [0.5, 0.6) is 0 Å². The van der Waals surface area contributed by atoms with Gasteiger partial charge in [0.05, 0.1) is 31.4 Å². The first-order chi connectivity index (χ1) is 10.1. The second-order valence-electron chi connectivity index (χ2n) is 4.48. The highest BCUT2D eigenvalue weighted by Gasteiger charge is 2.22. The standard InChI is InChI=1S/C15H17FN2O3/c1-4-21-10(2)12-8-17-14(7-13(12)16)18-6-5-11(9-18)15(19)20-3/h5,7-8H,2,4,6,9H2,1,3H3. The predicted octanol–water partition coefficient (Wildman–Crippen LogP) is 2.15. The summed E-state index contributed by atoms with van der Waals surface area (Å²) in [7, 11) is 1.33. The van der Waals surface area contributed by atoms with Gasteiger partial charge in [-0.2, -0.15) is 0 Å². The molecule has 112 valence electrons. The molecule has 1 aliphatic heterocycles. The zero-order valence-electron chi connectivity index (χ0n) is 12.1. The van der Waals surface area contributed by atoms with Crippen molar-refractivity contribution in [1.29, 1.82) is 0 Å². The SMILES string of the molecule is C=C(OCC)c1cnc(N2CC=C(C(=O)OC)C2)cc1F. The topological polar surface area (TPSA) is 51.7 Å². The lowest BCUT2D eigenvalue weighted by Crippen LogP contribution is -2.23. The first kappa shape index (κ1) is 15.0. The fraction of sp³-hybridized carbons (Fsp3) is 0.333. The van der Waals surface area contributed by atoms with E-state index in [9.17, 15) is 9.18 Å². The summed E-state index contributed by atoms with van der Waals surface area (Å²) in [5, 5.41) is 0. The Hall–Kier alpha value is -2.37. The minimum atomic E-state index is -0.454. The molecule has 0 aromatic carbocycles. The van der Waals surface area contributed by atoms with Crippen LogP contribution in [0.15, 0.2) is 30.5 Å². The van der Waals surface area contributed by atoms with Gasteiger partial charge >= 0.3 is 5.97 Å². The van der Waals surface area contributed by atoms with Crippen molar-refractivity contribution in [2.24, 2.45) is 0 Å². The lowest BCUT2D eigenvalue weighted by molar-refractivity contribution is -0.136. The van der Waals surface area contributed by atoms with Crippen molar-refractivity contribution < 1.29 is 18.7 Å². The number of carbonyl (C=O) groups is 1. The van der Waals surface area contributed by atoms with Crippen molar-refractivity contribution in [1.82, 2.24) is 4.98 Å². The molecule has 1 aromatic rings. The van der Waals surface area contributed by atoms with Crippen LogP contribution in [0, 0.1) is 5.82 Å². The van der Waals surface area contributed by atoms with Crippen LogP contribution in [0.1, 0.15) is 12.5 Å². The number of hydrogen-bond donors (Lipinski definition) is 0. The summed E-state index contributed by atoms with van der Waals surface area (Å²) in [6.07, 6.45) is 3.14. The number of halogens is 1. The van der Waals surface area contributed by atoms with Crippen LogP contribution in [-0.2, 0) is 14.3 Å². The minimum Gasteiger partial charge on any atom is -0.494 e. The van der Waals surface area contributed by atoms with Gasteiger partial charge < -0.3 is 14.4 Å². The summed E-state index contributed by atoms with van der Waals surface area (Å²) >= 11 is 0. The van der Waals surface area contributed by atoms with Crippen molar-refractivity contribution >= 4 is 17.5 Å². The molecule has 0 spiro atoms. The van der Waals surface area contributed by atoms with Crippen molar-refractivity contribution in [3.63, 3.8) is 0 Å². The van der Waals surface area contributed by atoms with Gasteiger partial charge in [0.25, 0.3) is 0 Å². The van der Waals surface area contributed by atoms with Gasteiger partial charge in [-0.25, -0.2) is 14.2 Å². The first-order valence-corrected chi connectivity index (χ1v) is 6.56. The Morgan fingerprint density at radius 1 is 1.57 bits per heavy atom. The van der Waals surface area contributed by atoms with Gasteiger partial charge in [0.15, 0.2) is 0 Å². The Kier molecular flexibility index (Phi) is 4.57. The highest BCUT2D eigenvalue weighted by atomic mass is 19.1. The van der Waals surface area contributed by atoms with Crippen molar-refractivity contribution in [3.8, 4) is 0 Å². The third-order valence-corrected chi connectivity index (χ3v) is 3.15. The predicted molar refractivity (Wildman–Crippen MR) is 77.2 cm³/mol. The summed E-state index contributed by atoms with van der Waals surface area (Å²) in [5.74, 6) is -0.121. The highest BCUT2D eigenvalue weighted by Crippen LogP contribution is 2.23. The van der Waals surface area contributed by atoms with E-state index in [1.807, 2.05) is 0 Å². The number of nitrogens with zero attached hydrogens (tertiary/aromatic N) is 2. The number of rotatable bonds is 5. The summed E-state index contributed by atoms with van der Waals surface area (Å²) in [6.45, 7) is 6.72. The highest BCUT2D eigenvalue weighted by molar-refractivity contribution is 5.90. The van der Waals surface area contributed by atoms with Crippen LogP contribution in [0.4, 0.5) is 10.2 Å². The Morgan fingerprint density at radius 3 is 2.95 bits per heavy atom. The molecule has 2 heterocycles. The summed E-state index contributed by atoms with van der Waals surface area (Å²) in [5.41, 5.74) is 0.781. The molecule has 0 unspecified atom stereocenters. The quantitative estimate of drug-likeness (QED) is 0.615. The van der Waals surface area contributed by atoms with Crippen LogP contribution in [0.3, 0.4) is 0 Å². The molecule has 0 amide bonds. The number of hydrogen-bond acceptors (Lipinski definition) is 5. The van der Waals surface area contributed by atoms with Gasteiger partial charge in [-0.1, -0.05) is 12.7 Å². The second kappa shape index (κ2) is 6.39. The number of ether oxygens (including phenoxy) is 2. The number of carbonyl (C=O) groups excluding carboxylic acids is 1. The number of esters is 1. The third kappa shape index (κ3) is 3.21. The Bertz CT molecular complexity index is 599. The summed E-state index contributed by atoms with van der Waals surface area (Å²) < 4.78 is 23.9. The monoisotopic (exact) mass is 292 g/mol. The minimum absolute atomic E-state index is 0.237. The smallest absolute Gasteiger partial charge is 0.335 e. The lowest BCUT2D eigenvalue weighted by atomic mass is 10.2. The van der Waals surface area contributed by atoms with Crippen LogP contribution < -0.4 is 4.90 Å². The van der Waals surface area contributed by atoms with Crippen LogP contribution in [-0.4, -0.2) is 37.8 Å². The molecular weight excluding hydrogens is 275 g/mol. The van der Waals surface area contributed by atoms with E-state index in [1.54, 1.807) is 17.9 Å². The zero-order valence-corrected chi connectivity index (χ0v) is 12.1. The van der Waals surface area contributed by atoms with Crippen LogP contribution in [0.2, 0.25) is 0 Å². The molecular formula is C15H17FN2O3. The Morgan fingerprint density at radius 2 is 2.33 bits per heavy atom. The fourth-order valence-electron chi connectivity index (χ4n) is 2.06. The van der Waals surface area contributed by atoms with Crippen LogP contribution in [0.25, 0.3) is 5.76 Å². The van der Waals surface area contributed by atoms with E-state index in [1.165, 1.54) is 19.4 Å². The maximum Gasteiger partial charge on any atom is 0.335 e. The number of anilines is 1. The average molecular weight is 292 g/mol. The third-order valence-electron chi connectivity index (χ3n) is 3.15. The molecule has 5 nitrogen and oxygen atoms in total. The van der Waals surface area contributed by atoms with Gasteiger partial charge in [-0.15, -0.1) is 0 Å². The normalized spacial score (nSPS) is 13.9. The summed E-state index contributed by atoms with van der Waals surface area (Å²) in [4.78, 5) is 17.4. The Labute approximate surface area is 122 Å². The van der Waals surface area contributed by atoms with E-state index < -0.39 is 5.82 Å². The van der Waals surface area contributed by atoms with E-state index in [4.69, 9.17) is 4.74 Å². The number of methoxy groups -OCH3 is 1. The van der Waals surface area contributed by atoms with Crippen molar-refractivity contribution in [2.45, 2.75) is 6.92 Å². The van der Waals surface area contributed by atoms with E-state index in [0.717, 1.165) is 0 Å². The van der Waals surface area contributed by atoms with Gasteiger partial charge in [0.1, 0.15) is 17.4 Å². The molecule has 0 aliphatic carbocycles. The molecule has 6 heteroatoms. The van der Waals surface area contributed by atoms with Crippen molar-refractivity contribution in [3.05, 3.63) is 41.9 Å². The molecule has 0 saturated heterocycles. The molecule has 21 heavy (non-hydrogen) atoms. The second-order valence-corrected chi connectivity index (χ2v) is 4.48. The van der Waals surface area contributed by atoms with Gasteiger partial charge in [0, 0.05) is 18.8 Å². The molecule has 1 aromatic heterocycles. The van der Waals surface area contributed by atoms with Gasteiger partial charge in [0.2, 0.25) is 0 Å². The lowest BCUT2D eigenvalue weighted by Gasteiger charge is -2.18. The first-order valence-electron chi connectivity index (χ1n) is 6.56. The number of pyridine rings is 1. The summed E-state index contributed by atoms with van der Waals surface area (Å²) in [6, 6.07) is 1.31. The average Bonchev–Trinajstić information content (AvgIpc) is 2.96. The van der Waals surface area contributed by atoms with Crippen LogP contribution >= 0.6 is 0 Å². The molecule has 2 rings (SSSR count). The largest absolute Gasteiger partial charge is 0.494 e. The molecule has 0 fully saturated rings. The maximum atomic E-state index is 14.1. The zero-order chi connectivity index (χ0) is 15.4. The van der Waals surface area contributed by atoms with E-state index in [-0.39, 0.29) is 17.3 Å². The molecule has 1 aliphatic rings. The maximum absolute atomic E-state index is 14.1. The molecule has 0 radical (unpaired) electrons. The molecule has 0 saturated carbocycles. The van der Waals surface area contributed by atoms with E-state index in [2.05, 4.69) is 16.3 Å². The van der Waals surface area contributed by atoms with E-state index >= 15 is 0 Å². The molecule has 0 bridgehead atoms. The van der Waals surface area contributed by atoms with Gasteiger partial charge in [-0.3, -0.25) is 0 Å². The molecule has 0 N–H and O–H groups in total. The van der Waals surface area contributed by atoms with E-state index in [0.29, 0.717) is 31.1 Å².